The highest BCUT2D eigenvalue weighted by Crippen LogP contribution is 2.33. The fourth-order valence-electron chi connectivity index (χ4n) is 2.78. The first kappa shape index (κ1) is 20.4. The van der Waals surface area contributed by atoms with E-state index in [1.165, 1.54) is 28.6 Å². The lowest BCUT2D eigenvalue weighted by Crippen LogP contribution is -2.46. The van der Waals surface area contributed by atoms with Crippen LogP contribution in [0.1, 0.15) is 25.3 Å². The zero-order valence-corrected chi connectivity index (χ0v) is 15.1. The number of allylic oxidation sites excluding steroid dienone is 1. The van der Waals surface area contributed by atoms with Gasteiger partial charge in [0.25, 0.3) is 0 Å². The number of nitrogens with zero attached hydrogens (tertiary/aromatic N) is 1. The minimum Gasteiger partial charge on any atom is -0.350 e. The second kappa shape index (κ2) is 8.22. The molecule has 1 N–H and O–H groups in total. The predicted octanol–water partition coefficient (Wildman–Crippen LogP) is 2.56. The first-order chi connectivity index (χ1) is 12.1. The van der Waals surface area contributed by atoms with Crippen molar-refractivity contribution in [3.63, 3.8) is 0 Å². The summed E-state index contributed by atoms with van der Waals surface area (Å²) in [5, 5.41) is 2.54. The van der Waals surface area contributed by atoms with Crippen LogP contribution in [0.15, 0.2) is 36.4 Å². The van der Waals surface area contributed by atoms with E-state index in [1.807, 2.05) is 0 Å². The van der Waals surface area contributed by atoms with Crippen molar-refractivity contribution in [2.24, 2.45) is 0 Å². The number of hydrogen-bond donors (Lipinski definition) is 1. The average molecular weight is 390 g/mol. The Bertz CT molecular complexity index is 753. The number of nitrogens with one attached hydrogen (secondary N) is 1. The third-order valence-corrected chi connectivity index (χ3v) is 6.11. The van der Waals surface area contributed by atoms with Crippen LogP contribution < -0.4 is 5.32 Å². The smallest absolute Gasteiger partial charge is 0.350 e. The van der Waals surface area contributed by atoms with Gasteiger partial charge in [0.05, 0.1) is 11.3 Å². The van der Waals surface area contributed by atoms with Crippen LogP contribution in [-0.4, -0.2) is 49.7 Å². The molecule has 0 aliphatic carbocycles. The Labute approximate surface area is 150 Å². The van der Waals surface area contributed by atoms with E-state index in [9.17, 15) is 26.4 Å². The quantitative estimate of drug-likeness (QED) is 0.786. The molecule has 9 heteroatoms. The molecular formula is C17H21F3N2O3S. The molecule has 0 aromatic heterocycles. The zero-order valence-electron chi connectivity index (χ0n) is 14.3. The largest absolute Gasteiger partial charge is 0.417 e. The molecule has 26 heavy (non-hydrogen) atoms. The molecule has 1 amide bonds. The number of benzene rings is 1. The normalized spacial score (nSPS) is 17.9. The summed E-state index contributed by atoms with van der Waals surface area (Å²) in [5.74, 6) is -0.836. The van der Waals surface area contributed by atoms with Gasteiger partial charge >= 0.3 is 6.18 Å². The Morgan fingerprint density at radius 2 is 1.81 bits per heavy atom. The maximum absolute atomic E-state index is 13.2. The lowest BCUT2D eigenvalue weighted by atomic mass is 10.0. The Balaban J connectivity index is 2.04. The Kier molecular flexibility index (Phi) is 6.46. The van der Waals surface area contributed by atoms with E-state index in [4.69, 9.17) is 0 Å². The van der Waals surface area contributed by atoms with E-state index in [0.29, 0.717) is 18.9 Å². The molecule has 1 aliphatic rings. The van der Waals surface area contributed by atoms with Crippen LogP contribution in [0.2, 0.25) is 0 Å². The summed E-state index contributed by atoms with van der Waals surface area (Å²) >= 11 is 0. The van der Waals surface area contributed by atoms with E-state index < -0.39 is 27.7 Å². The van der Waals surface area contributed by atoms with Crippen molar-refractivity contribution in [2.45, 2.75) is 32.0 Å². The third-order valence-electron chi connectivity index (χ3n) is 4.22. The number of piperidine rings is 1. The molecule has 0 unspecified atom stereocenters. The van der Waals surface area contributed by atoms with Gasteiger partial charge in [-0.2, -0.15) is 13.2 Å². The predicted molar refractivity (Wildman–Crippen MR) is 92.7 cm³/mol. The molecule has 0 radical (unpaired) electrons. The van der Waals surface area contributed by atoms with Gasteiger partial charge in [-0.1, -0.05) is 30.3 Å². The molecule has 1 aromatic rings. The number of carbonyl (C=O) groups excluding carboxylic acids is 1. The molecule has 1 heterocycles. The standard InChI is InChI=1S/C17H21F3N2O3S/c1-2-26(24,25)22-10-8-14(9-11-22)21-16(23)12-15(17(18,19)20)13-6-4-3-5-7-13/h3-7,12,14H,2,8-11H2,1H3,(H,21,23). The number of halogens is 3. The highest BCUT2D eigenvalue weighted by molar-refractivity contribution is 7.89. The lowest BCUT2D eigenvalue weighted by Gasteiger charge is -2.31. The van der Waals surface area contributed by atoms with Crippen LogP contribution in [0.4, 0.5) is 13.2 Å². The number of hydrogen-bond acceptors (Lipinski definition) is 3. The van der Waals surface area contributed by atoms with Gasteiger partial charge in [-0.25, -0.2) is 12.7 Å². The maximum atomic E-state index is 13.2. The molecule has 1 fully saturated rings. The van der Waals surface area contributed by atoms with Gasteiger partial charge in [0.2, 0.25) is 15.9 Å². The fraction of sp³-hybridized carbons (Fsp3) is 0.471. The van der Waals surface area contributed by atoms with E-state index >= 15 is 0 Å². The zero-order chi connectivity index (χ0) is 19.4. The van der Waals surface area contributed by atoms with Crippen molar-refractivity contribution in [2.75, 3.05) is 18.8 Å². The Morgan fingerprint density at radius 3 is 2.31 bits per heavy atom. The minimum absolute atomic E-state index is 0.00121. The van der Waals surface area contributed by atoms with E-state index in [0.717, 1.165) is 0 Å². The van der Waals surface area contributed by atoms with Gasteiger partial charge in [0, 0.05) is 25.2 Å². The Hall–Kier alpha value is -1.87. The van der Waals surface area contributed by atoms with Crippen LogP contribution in [0, 0.1) is 0 Å². The van der Waals surface area contributed by atoms with Gasteiger partial charge in [-0.15, -0.1) is 0 Å². The van der Waals surface area contributed by atoms with E-state index in [1.54, 1.807) is 13.0 Å². The first-order valence-electron chi connectivity index (χ1n) is 8.26. The summed E-state index contributed by atoms with van der Waals surface area (Å²) in [4.78, 5) is 12.1. The maximum Gasteiger partial charge on any atom is 0.417 e. The van der Waals surface area contributed by atoms with Crippen molar-refractivity contribution >= 4 is 21.5 Å². The topological polar surface area (TPSA) is 66.5 Å². The summed E-state index contributed by atoms with van der Waals surface area (Å²) in [6.07, 6.45) is -3.36. The van der Waals surface area contributed by atoms with Gasteiger partial charge in [-0.05, 0) is 25.3 Å². The molecule has 1 saturated heterocycles. The second-order valence-electron chi connectivity index (χ2n) is 6.00. The third kappa shape index (κ3) is 5.31. The number of amides is 1. The monoisotopic (exact) mass is 390 g/mol. The summed E-state index contributed by atoms with van der Waals surface area (Å²) < 4.78 is 64.7. The molecule has 0 atom stereocenters. The van der Waals surface area contributed by atoms with Crippen LogP contribution in [-0.2, 0) is 14.8 Å². The molecule has 1 aliphatic heterocycles. The second-order valence-corrected chi connectivity index (χ2v) is 8.26. The summed E-state index contributed by atoms with van der Waals surface area (Å²) in [6, 6.07) is 6.76. The van der Waals surface area contributed by atoms with Crippen molar-refractivity contribution in [3.8, 4) is 0 Å². The fourth-order valence-corrected chi connectivity index (χ4v) is 3.91. The molecule has 0 bridgehead atoms. The Morgan fingerprint density at radius 1 is 1.23 bits per heavy atom. The van der Waals surface area contributed by atoms with E-state index in [-0.39, 0.29) is 30.4 Å². The molecule has 144 valence electrons. The van der Waals surface area contributed by atoms with Gasteiger partial charge in [0.15, 0.2) is 0 Å². The van der Waals surface area contributed by atoms with E-state index in [2.05, 4.69) is 5.32 Å². The number of sulfonamides is 1. The summed E-state index contributed by atoms with van der Waals surface area (Å²) in [5.41, 5.74) is -1.10. The van der Waals surface area contributed by atoms with Crippen molar-refractivity contribution in [1.82, 2.24) is 9.62 Å². The molecule has 1 aromatic carbocycles. The molecule has 0 saturated carbocycles. The van der Waals surface area contributed by atoms with Gasteiger partial charge in [-0.3, -0.25) is 4.79 Å². The number of carbonyl (C=O) groups is 1. The highest BCUT2D eigenvalue weighted by atomic mass is 32.2. The SMILES string of the molecule is CCS(=O)(=O)N1CCC(NC(=O)C=C(c2ccccc2)C(F)(F)F)CC1. The lowest BCUT2D eigenvalue weighted by molar-refractivity contribution is -0.117. The molecular weight excluding hydrogens is 369 g/mol. The summed E-state index contributed by atoms with van der Waals surface area (Å²) in [6.45, 7) is 2.04. The van der Waals surface area contributed by atoms with Gasteiger partial charge < -0.3 is 5.32 Å². The molecule has 5 nitrogen and oxygen atoms in total. The molecule has 2 rings (SSSR count). The first-order valence-corrected chi connectivity index (χ1v) is 9.87. The summed E-state index contributed by atoms with van der Waals surface area (Å²) in [7, 11) is -3.29. The van der Waals surface area contributed by atoms with Crippen LogP contribution in [0.5, 0.6) is 0 Å². The van der Waals surface area contributed by atoms with Crippen molar-refractivity contribution in [1.29, 1.82) is 0 Å². The molecule has 0 spiro atoms. The van der Waals surface area contributed by atoms with Crippen LogP contribution in [0.3, 0.4) is 0 Å². The minimum atomic E-state index is -4.66. The number of rotatable bonds is 5. The van der Waals surface area contributed by atoms with Crippen molar-refractivity contribution in [3.05, 3.63) is 42.0 Å². The average Bonchev–Trinajstić information content (AvgIpc) is 2.60. The highest BCUT2D eigenvalue weighted by Gasteiger charge is 2.35. The van der Waals surface area contributed by atoms with Gasteiger partial charge in [0.1, 0.15) is 0 Å². The van der Waals surface area contributed by atoms with Crippen molar-refractivity contribution < 1.29 is 26.4 Å². The van der Waals surface area contributed by atoms with Crippen LogP contribution >= 0.6 is 0 Å². The number of alkyl halides is 3. The van der Waals surface area contributed by atoms with Crippen LogP contribution in [0.25, 0.3) is 5.57 Å².